The van der Waals surface area contributed by atoms with E-state index in [2.05, 4.69) is 5.32 Å². The highest BCUT2D eigenvalue weighted by atomic mass is 32.2. The van der Waals surface area contributed by atoms with E-state index in [9.17, 15) is 13.2 Å². The van der Waals surface area contributed by atoms with E-state index in [1.807, 2.05) is 13.8 Å². The number of rotatable bonds is 8. The summed E-state index contributed by atoms with van der Waals surface area (Å²) in [4.78, 5) is 11.4. The van der Waals surface area contributed by atoms with Gasteiger partial charge in [0.1, 0.15) is 0 Å². The summed E-state index contributed by atoms with van der Waals surface area (Å²) in [6.45, 7) is 5.99. The second-order valence-electron chi connectivity index (χ2n) is 4.07. The number of primary sulfonamides is 1. The van der Waals surface area contributed by atoms with E-state index in [-0.39, 0.29) is 11.8 Å². The third kappa shape index (κ3) is 7.62. The van der Waals surface area contributed by atoms with Gasteiger partial charge in [-0.2, -0.15) is 11.8 Å². The Labute approximate surface area is 108 Å². The van der Waals surface area contributed by atoms with Crippen molar-refractivity contribution in [3.05, 3.63) is 0 Å². The summed E-state index contributed by atoms with van der Waals surface area (Å²) in [5.74, 6) is 1.23. The van der Waals surface area contributed by atoms with Crippen LogP contribution >= 0.6 is 11.8 Å². The average molecular weight is 282 g/mol. The van der Waals surface area contributed by atoms with Crippen LogP contribution in [0.1, 0.15) is 27.2 Å². The van der Waals surface area contributed by atoms with E-state index in [4.69, 9.17) is 5.14 Å². The maximum Gasteiger partial charge on any atom is 0.222 e. The van der Waals surface area contributed by atoms with E-state index in [1.54, 1.807) is 6.92 Å². The largest absolute Gasteiger partial charge is 0.355 e. The van der Waals surface area contributed by atoms with Crippen molar-refractivity contribution in [3.63, 3.8) is 0 Å². The lowest BCUT2D eigenvalue weighted by Gasteiger charge is -2.11. The zero-order chi connectivity index (χ0) is 13.5. The molecule has 0 aliphatic carbocycles. The van der Waals surface area contributed by atoms with Gasteiger partial charge in [0.25, 0.3) is 0 Å². The van der Waals surface area contributed by atoms with E-state index in [0.717, 1.165) is 6.42 Å². The number of amides is 1. The van der Waals surface area contributed by atoms with Crippen LogP contribution in [0.15, 0.2) is 0 Å². The Bertz CT molecular complexity index is 330. The lowest BCUT2D eigenvalue weighted by molar-refractivity contribution is -0.124. The van der Waals surface area contributed by atoms with Crippen LogP contribution in [-0.2, 0) is 14.8 Å². The van der Waals surface area contributed by atoms with Gasteiger partial charge in [-0.3, -0.25) is 4.79 Å². The smallest absolute Gasteiger partial charge is 0.222 e. The quantitative estimate of drug-likeness (QED) is 0.637. The Morgan fingerprint density at radius 2 is 2.00 bits per heavy atom. The van der Waals surface area contributed by atoms with Crippen molar-refractivity contribution < 1.29 is 13.2 Å². The number of hydrogen-bond donors (Lipinski definition) is 2. The minimum Gasteiger partial charge on any atom is -0.355 e. The molecule has 2 unspecified atom stereocenters. The Balaban J connectivity index is 3.64. The summed E-state index contributed by atoms with van der Waals surface area (Å²) < 4.78 is 21.9. The molecule has 0 radical (unpaired) electrons. The SMILES string of the molecule is CCC(C)C(=O)NCCSCC(C)S(N)(=O)=O. The van der Waals surface area contributed by atoms with E-state index < -0.39 is 15.3 Å². The van der Waals surface area contributed by atoms with Crippen molar-refractivity contribution in [2.75, 3.05) is 18.1 Å². The molecule has 7 heteroatoms. The van der Waals surface area contributed by atoms with Crippen molar-refractivity contribution in [3.8, 4) is 0 Å². The normalized spacial score (nSPS) is 15.3. The summed E-state index contributed by atoms with van der Waals surface area (Å²) in [6, 6.07) is 0. The highest BCUT2D eigenvalue weighted by molar-refractivity contribution is 8.00. The molecule has 0 aliphatic heterocycles. The molecular weight excluding hydrogens is 260 g/mol. The minimum absolute atomic E-state index is 0.0309. The number of hydrogen-bond acceptors (Lipinski definition) is 4. The van der Waals surface area contributed by atoms with Crippen molar-refractivity contribution in [1.82, 2.24) is 5.32 Å². The third-order valence-electron chi connectivity index (χ3n) is 2.52. The van der Waals surface area contributed by atoms with Crippen LogP contribution in [0.4, 0.5) is 0 Å². The molecule has 1 amide bonds. The second kappa shape index (κ2) is 7.94. The Hall–Kier alpha value is -0.270. The Kier molecular flexibility index (Phi) is 7.82. The van der Waals surface area contributed by atoms with Crippen molar-refractivity contribution in [2.24, 2.45) is 11.1 Å². The zero-order valence-electron chi connectivity index (χ0n) is 10.6. The molecule has 5 nitrogen and oxygen atoms in total. The van der Waals surface area contributed by atoms with Crippen LogP contribution in [0.2, 0.25) is 0 Å². The van der Waals surface area contributed by atoms with E-state index in [0.29, 0.717) is 18.1 Å². The molecule has 0 saturated carbocycles. The lowest BCUT2D eigenvalue weighted by atomic mass is 10.1. The minimum atomic E-state index is -3.43. The Morgan fingerprint density at radius 3 is 2.47 bits per heavy atom. The summed E-state index contributed by atoms with van der Waals surface area (Å²) >= 11 is 1.48. The van der Waals surface area contributed by atoms with Gasteiger partial charge in [0.2, 0.25) is 15.9 Å². The molecule has 0 spiro atoms. The molecule has 0 heterocycles. The van der Waals surface area contributed by atoms with Crippen molar-refractivity contribution in [1.29, 1.82) is 0 Å². The Morgan fingerprint density at radius 1 is 1.41 bits per heavy atom. The standard InChI is InChI=1S/C10H22N2O3S2/c1-4-8(2)10(13)12-5-6-16-7-9(3)17(11,14)15/h8-9H,4-7H2,1-3H3,(H,12,13)(H2,11,14,15). The summed E-state index contributed by atoms with van der Waals surface area (Å²) in [7, 11) is -3.43. The average Bonchev–Trinajstić information content (AvgIpc) is 2.25. The summed E-state index contributed by atoms with van der Waals surface area (Å²) in [5, 5.41) is 7.25. The monoisotopic (exact) mass is 282 g/mol. The molecule has 0 rings (SSSR count). The van der Waals surface area contributed by atoms with Gasteiger partial charge >= 0.3 is 0 Å². The van der Waals surface area contributed by atoms with Gasteiger partial charge in [0.15, 0.2) is 0 Å². The van der Waals surface area contributed by atoms with Crippen LogP contribution in [0, 0.1) is 5.92 Å². The molecule has 3 N–H and O–H groups in total. The van der Waals surface area contributed by atoms with Gasteiger partial charge in [-0.05, 0) is 13.3 Å². The maximum atomic E-state index is 11.4. The molecule has 0 fully saturated rings. The van der Waals surface area contributed by atoms with Crippen LogP contribution in [0.5, 0.6) is 0 Å². The lowest BCUT2D eigenvalue weighted by Crippen LogP contribution is -2.31. The van der Waals surface area contributed by atoms with Crippen molar-refractivity contribution >= 4 is 27.7 Å². The van der Waals surface area contributed by atoms with Gasteiger partial charge in [-0.25, -0.2) is 13.6 Å². The molecule has 0 aromatic rings. The van der Waals surface area contributed by atoms with Crippen LogP contribution < -0.4 is 10.5 Å². The first-order valence-corrected chi connectivity index (χ1v) is 8.42. The van der Waals surface area contributed by atoms with E-state index in [1.165, 1.54) is 11.8 Å². The highest BCUT2D eigenvalue weighted by Gasteiger charge is 2.15. The van der Waals surface area contributed by atoms with Crippen LogP contribution in [0.25, 0.3) is 0 Å². The fourth-order valence-corrected chi connectivity index (χ4v) is 2.74. The molecule has 2 atom stereocenters. The van der Waals surface area contributed by atoms with Gasteiger partial charge < -0.3 is 5.32 Å². The first-order valence-electron chi connectivity index (χ1n) is 5.66. The molecule has 0 aliphatic rings. The predicted octanol–water partition coefficient (Wildman–Crippen LogP) is 0.559. The van der Waals surface area contributed by atoms with Crippen LogP contribution in [-0.4, -0.2) is 37.6 Å². The van der Waals surface area contributed by atoms with Gasteiger partial charge in [0, 0.05) is 24.0 Å². The summed E-state index contributed by atoms with van der Waals surface area (Å²) in [6.07, 6.45) is 0.821. The van der Waals surface area contributed by atoms with Gasteiger partial charge in [-0.1, -0.05) is 13.8 Å². The first kappa shape index (κ1) is 16.7. The number of nitrogens with one attached hydrogen (secondary N) is 1. The summed E-state index contributed by atoms with van der Waals surface area (Å²) in [5.41, 5.74) is 0. The number of carbonyl (C=O) groups excluding carboxylic acids is 1. The molecular formula is C10H22N2O3S2. The van der Waals surface area contributed by atoms with E-state index >= 15 is 0 Å². The topological polar surface area (TPSA) is 89.3 Å². The molecule has 0 saturated heterocycles. The highest BCUT2D eigenvalue weighted by Crippen LogP contribution is 2.07. The number of sulfonamides is 1. The predicted molar refractivity (Wildman–Crippen MR) is 72.4 cm³/mol. The molecule has 0 aromatic heterocycles. The van der Waals surface area contributed by atoms with Gasteiger partial charge in [-0.15, -0.1) is 0 Å². The fraction of sp³-hybridized carbons (Fsp3) is 0.900. The molecule has 102 valence electrons. The zero-order valence-corrected chi connectivity index (χ0v) is 12.2. The van der Waals surface area contributed by atoms with Crippen molar-refractivity contribution in [2.45, 2.75) is 32.4 Å². The van der Waals surface area contributed by atoms with Gasteiger partial charge in [0.05, 0.1) is 5.25 Å². The number of thioether (sulfide) groups is 1. The molecule has 0 bridgehead atoms. The number of carbonyl (C=O) groups is 1. The first-order chi connectivity index (χ1) is 7.79. The molecule has 0 aromatic carbocycles. The maximum absolute atomic E-state index is 11.4. The second-order valence-corrected chi connectivity index (χ2v) is 7.21. The molecule has 17 heavy (non-hydrogen) atoms. The fourth-order valence-electron chi connectivity index (χ4n) is 0.950. The third-order valence-corrected chi connectivity index (χ3v) is 5.25. The van der Waals surface area contributed by atoms with Crippen LogP contribution in [0.3, 0.4) is 0 Å². The number of nitrogens with two attached hydrogens (primary N) is 1.